The van der Waals surface area contributed by atoms with E-state index < -0.39 is 0 Å². The van der Waals surface area contributed by atoms with Gasteiger partial charge in [-0.1, -0.05) is 17.9 Å². The largest absolute Gasteiger partial charge is 0.508 e. The van der Waals surface area contributed by atoms with Crippen molar-refractivity contribution < 1.29 is 10.2 Å². The van der Waals surface area contributed by atoms with E-state index in [1.54, 1.807) is 24.3 Å². The maximum absolute atomic E-state index is 9.68. The van der Waals surface area contributed by atoms with Crippen LogP contribution in [0.25, 0.3) is 0 Å². The van der Waals surface area contributed by atoms with E-state index in [2.05, 4.69) is 11.8 Å². The summed E-state index contributed by atoms with van der Waals surface area (Å²) in [4.78, 5) is 0. The number of nitrogens with two attached hydrogens (primary N) is 2. The summed E-state index contributed by atoms with van der Waals surface area (Å²) in [6.45, 7) is 0. The summed E-state index contributed by atoms with van der Waals surface area (Å²) in [6, 6.07) is 9.51. The third kappa shape index (κ3) is 2.47. The van der Waals surface area contributed by atoms with Gasteiger partial charge in [0.05, 0.1) is 11.3 Å². The third-order valence-corrected chi connectivity index (χ3v) is 2.35. The van der Waals surface area contributed by atoms with Crippen molar-refractivity contribution in [3.63, 3.8) is 0 Å². The van der Waals surface area contributed by atoms with Crippen LogP contribution in [0.1, 0.15) is 11.1 Å². The highest BCUT2D eigenvalue weighted by molar-refractivity contribution is 5.62. The predicted octanol–water partition coefficient (Wildman–Crippen LogP) is 1.66. The van der Waals surface area contributed by atoms with Crippen LogP contribution in [0.2, 0.25) is 0 Å². The molecule has 4 nitrogen and oxygen atoms in total. The number of phenols is 2. The number of rotatable bonds is 0. The lowest BCUT2D eigenvalue weighted by Gasteiger charge is -2.00. The molecule has 0 spiro atoms. The fourth-order valence-electron chi connectivity index (χ4n) is 1.51. The molecule has 2 aromatic carbocycles. The standard InChI is InChI=1S/C14H12N2O2/c15-11-6-9(7-12(17)8-11)4-5-10-2-1-3-13(16)14(10)18/h1-3,6-8,17-18H,15-16H2. The molecule has 0 unspecified atom stereocenters. The quantitative estimate of drug-likeness (QED) is 0.320. The van der Waals surface area contributed by atoms with Gasteiger partial charge in [0.15, 0.2) is 5.75 Å². The maximum Gasteiger partial charge on any atom is 0.154 e. The van der Waals surface area contributed by atoms with Gasteiger partial charge in [-0.3, -0.25) is 0 Å². The molecular formula is C14H12N2O2. The van der Waals surface area contributed by atoms with E-state index >= 15 is 0 Å². The Morgan fingerprint density at radius 1 is 0.944 bits per heavy atom. The minimum atomic E-state index is -0.0434. The number of anilines is 2. The van der Waals surface area contributed by atoms with Crippen molar-refractivity contribution >= 4 is 11.4 Å². The monoisotopic (exact) mass is 240 g/mol. The summed E-state index contributed by atoms with van der Waals surface area (Å²) in [5.41, 5.74) is 12.8. The molecule has 2 rings (SSSR count). The highest BCUT2D eigenvalue weighted by Gasteiger charge is 2.00. The molecule has 0 aromatic heterocycles. The first kappa shape index (κ1) is 11.7. The minimum Gasteiger partial charge on any atom is -0.508 e. The van der Waals surface area contributed by atoms with Gasteiger partial charge in [-0.2, -0.15) is 0 Å². The summed E-state index contributed by atoms with van der Waals surface area (Å²) in [5.74, 6) is 5.59. The molecular weight excluding hydrogens is 228 g/mol. The molecule has 0 fully saturated rings. The lowest BCUT2D eigenvalue weighted by molar-refractivity contribution is 0.475. The Morgan fingerprint density at radius 2 is 1.72 bits per heavy atom. The normalized spacial score (nSPS) is 9.56. The lowest BCUT2D eigenvalue weighted by atomic mass is 10.1. The van der Waals surface area contributed by atoms with Crippen LogP contribution in [0.5, 0.6) is 11.5 Å². The molecule has 0 aliphatic heterocycles. The van der Waals surface area contributed by atoms with Crippen molar-refractivity contribution in [2.24, 2.45) is 0 Å². The SMILES string of the molecule is Nc1cc(O)cc(C#Cc2cccc(N)c2O)c1. The number of hydrogen-bond donors (Lipinski definition) is 4. The molecule has 4 heteroatoms. The van der Waals surface area contributed by atoms with Gasteiger partial charge in [0.25, 0.3) is 0 Å². The first-order valence-electron chi connectivity index (χ1n) is 5.25. The molecule has 0 aliphatic carbocycles. The summed E-state index contributed by atoms with van der Waals surface area (Å²) in [6.07, 6.45) is 0. The van der Waals surface area contributed by atoms with Crippen molar-refractivity contribution in [1.29, 1.82) is 0 Å². The van der Waals surface area contributed by atoms with Crippen LogP contribution in [-0.2, 0) is 0 Å². The topological polar surface area (TPSA) is 92.5 Å². The Morgan fingerprint density at radius 3 is 2.44 bits per heavy atom. The van der Waals surface area contributed by atoms with Crippen LogP contribution < -0.4 is 11.5 Å². The number of nitrogen functional groups attached to an aromatic ring is 2. The zero-order chi connectivity index (χ0) is 13.1. The molecule has 18 heavy (non-hydrogen) atoms. The lowest BCUT2D eigenvalue weighted by Crippen LogP contribution is -1.88. The van der Waals surface area contributed by atoms with Gasteiger partial charge in [0.1, 0.15) is 5.75 Å². The van der Waals surface area contributed by atoms with Gasteiger partial charge in [-0.15, -0.1) is 0 Å². The molecule has 0 atom stereocenters. The second-order valence-electron chi connectivity index (χ2n) is 3.81. The van der Waals surface area contributed by atoms with Gasteiger partial charge in [-0.25, -0.2) is 0 Å². The van der Waals surface area contributed by atoms with Gasteiger partial charge in [0, 0.05) is 17.3 Å². The second kappa shape index (κ2) is 4.60. The summed E-state index contributed by atoms with van der Waals surface area (Å²) >= 11 is 0. The van der Waals surface area contributed by atoms with E-state index in [1.807, 2.05) is 0 Å². The molecule has 6 N–H and O–H groups in total. The van der Waals surface area contributed by atoms with Crippen LogP contribution >= 0.6 is 0 Å². The van der Waals surface area contributed by atoms with E-state index in [4.69, 9.17) is 11.5 Å². The fourth-order valence-corrected chi connectivity index (χ4v) is 1.51. The van der Waals surface area contributed by atoms with Crippen molar-refractivity contribution in [2.45, 2.75) is 0 Å². The Balaban J connectivity index is 2.40. The van der Waals surface area contributed by atoms with Gasteiger partial charge < -0.3 is 21.7 Å². The molecule has 0 heterocycles. The number of hydrogen-bond acceptors (Lipinski definition) is 4. The number of para-hydroxylation sites is 1. The van der Waals surface area contributed by atoms with E-state index in [0.29, 0.717) is 16.8 Å². The number of phenolic OH excluding ortho intramolecular Hbond substituents is 2. The van der Waals surface area contributed by atoms with Crippen LogP contribution in [0, 0.1) is 11.8 Å². The third-order valence-electron chi connectivity index (χ3n) is 2.35. The highest BCUT2D eigenvalue weighted by atomic mass is 16.3. The summed E-state index contributed by atoms with van der Waals surface area (Å²) in [7, 11) is 0. The Labute approximate surface area is 104 Å². The molecule has 0 saturated heterocycles. The summed E-state index contributed by atoms with van der Waals surface area (Å²) in [5, 5.41) is 19.1. The van der Waals surface area contributed by atoms with Crippen molar-refractivity contribution in [1.82, 2.24) is 0 Å². The van der Waals surface area contributed by atoms with Crippen molar-refractivity contribution in [3.05, 3.63) is 47.5 Å². The van der Waals surface area contributed by atoms with Crippen LogP contribution in [0.3, 0.4) is 0 Å². The van der Waals surface area contributed by atoms with E-state index in [-0.39, 0.29) is 17.2 Å². The van der Waals surface area contributed by atoms with Crippen molar-refractivity contribution in [3.8, 4) is 23.3 Å². The van der Waals surface area contributed by atoms with Crippen LogP contribution in [0.4, 0.5) is 11.4 Å². The highest BCUT2D eigenvalue weighted by Crippen LogP contribution is 2.23. The van der Waals surface area contributed by atoms with E-state index in [0.717, 1.165) is 0 Å². The van der Waals surface area contributed by atoms with Crippen molar-refractivity contribution in [2.75, 3.05) is 11.5 Å². The zero-order valence-corrected chi connectivity index (χ0v) is 9.51. The Kier molecular flexibility index (Phi) is 2.98. The average Bonchev–Trinajstić information content (AvgIpc) is 2.30. The summed E-state index contributed by atoms with van der Waals surface area (Å²) < 4.78 is 0. The average molecular weight is 240 g/mol. The fraction of sp³-hybridized carbons (Fsp3) is 0. The Bertz CT molecular complexity index is 634. The predicted molar refractivity (Wildman–Crippen MR) is 71.0 cm³/mol. The zero-order valence-electron chi connectivity index (χ0n) is 9.51. The van der Waals surface area contributed by atoms with Crippen LogP contribution in [-0.4, -0.2) is 10.2 Å². The van der Waals surface area contributed by atoms with E-state index in [9.17, 15) is 10.2 Å². The molecule has 0 bridgehead atoms. The molecule has 0 amide bonds. The van der Waals surface area contributed by atoms with Crippen LogP contribution in [0.15, 0.2) is 36.4 Å². The second-order valence-corrected chi connectivity index (χ2v) is 3.81. The Hall–Kier alpha value is -2.80. The molecule has 0 radical (unpaired) electrons. The smallest absolute Gasteiger partial charge is 0.154 e. The molecule has 0 saturated carbocycles. The molecule has 90 valence electrons. The molecule has 0 aliphatic rings. The van der Waals surface area contributed by atoms with Gasteiger partial charge in [-0.05, 0) is 24.3 Å². The number of aromatic hydroxyl groups is 2. The first-order valence-corrected chi connectivity index (χ1v) is 5.25. The van der Waals surface area contributed by atoms with Gasteiger partial charge in [0.2, 0.25) is 0 Å². The minimum absolute atomic E-state index is 0.0434. The van der Waals surface area contributed by atoms with Gasteiger partial charge >= 0.3 is 0 Å². The number of benzene rings is 2. The maximum atomic E-state index is 9.68. The molecule has 2 aromatic rings. The van der Waals surface area contributed by atoms with E-state index in [1.165, 1.54) is 12.1 Å². The first-order chi connectivity index (χ1) is 8.56.